The van der Waals surface area contributed by atoms with Gasteiger partial charge in [-0.2, -0.15) is 0 Å². The maximum atomic E-state index is 12.7. The minimum absolute atomic E-state index is 0.00794. The van der Waals surface area contributed by atoms with Crippen molar-refractivity contribution in [3.8, 4) is 0 Å². The number of hydrogen-bond donors (Lipinski definition) is 0. The van der Waals surface area contributed by atoms with Crippen LogP contribution in [0, 0.1) is 5.41 Å². The summed E-state index contributed by atoms with van der Waals surface area (Å²) in [6.45, 7) is 6.29. The van der Waals surface area contributed by atoms with Crippen molar-refractivity contribution < 1.29 is 9.59 Å². The van der Waals surface area contributed by atoms with Crippen LogP contribution in [0.3, 0.4) is 0 Å². The van der Waals surface area contributed by atoms with E-state index in [1.54, 1.807) is 4.90 Å². The van der Waals surface area contributed by atoms with E-state index >= 15 is 0 Å². The molecule has 0 unspecified atom stereocenters. The Labute approximate surface area is 225 Å². The van der Waals surface area contributed by atoms with Crippen molar-refractivity contribution in [2.75, 3.05) is 44.2 Å². The number of aromatic nitrogens is 2. The molecule has 200 valence electrons. The summed E-state index contributed by atoms with van der Waals surface area (Å²) in [7, 11) is 0. The number of unbranched alkanes of at least 4 members (excludes halogenated alkanes) is 1. The molecule has 38 heavy (non-hydrogen) atoms. The fraction of sp³-hybridized carbons (Fsp3) is 0.516. The summed E-state index contributed by atoms with van der Waals surface area (Å²) in [6, 6.07) is 19.0. The molecule has 6 rings (SSSR count). The average Bonchev–Trinajstić information content (AvgIpc) is 3.53. The summed E-state index contributed by atoms with van der Waals surface area (Å²) < 4.78 is 2.35. The van der Waals surface area contributed by atoms with Gasteiger partial charge < -0.3 is 9.47 Å². The van der Waals surface area contributed by atoms with Crippen LogP contribution in [0.1, 0.15) is 56.9 Å². The number of likely N-dealkylation sites (tertiary alicyclic amines) is 1. The van der Waals surface area contributed by atoms with Crippen molar-refractivity contribution in [3.63, 3.8) is 0 Å². The monoisotopic (exact) mass is 513 g/mol. The number of fused-ring (bicyclic) bond motifs is 1. The second-order valence-electron chi connectivity index (χ2n) is 11.5. The molecule has 1 aromatic heterocycles. The normalized spacial score (nSPS) is 20.2. The molecule has 1 saturated carbocycles. The van der Waals surface area contributed by atoms with Crippen LogP contribution in [0.25, 0.3) is 11.0 Å². The molecule has 3 aliphatic rings. The smallest absolute Gasteiger partial charge is 0.229 e. The van der Waals surface area contributed by atoms with Gasteiger partial charge in [-0.05, 0) is 55.3 Å². The second kappa shape index (κ2) is 10.9. The summed E-state index contributed by atoms with van der Waals surface area (Å²) in [5.74, 6) is 1.18. The van der Waals surface area contributed by atoms with E-state index in [9.17, 15) is 9.59 Å². The molecule has 7 nitrogen and oxygen atoms in total. The van der Waals surface area contributed by atoms with Crippen LogP contribution < -0.4 is 4.90 Å². The number of carbonyl (C=O) groups excluding carboxylic acids is 2. The van der Waals surface area contributed by atoms with Crippen molar-refractivity contribution in [3.05, 3.63) is 60.2 Å². The van der Waals surface area contributed by atoms with Crippen molar-refractivity contribution in [2.45, 2.75) is 57.9 Å². The minimum Gasteiger partial charge on any atom is -0.340 e. The third kappa shape index (κ3) is 5.21. The number of benzene rings is 2. The van der Waals surface area contributed by atoms with E-state index in [0.29, 0.717) is 19.4 Å². The lowest BCUT2D eigenvalue weighted by molar-refractivity contribution is -0.153. The van der Waals surface area contributed by atoms with Gasteiger partial charge >= 0.3 is 0 Å². The third-order valence-electron chi connectivity index (χ3n) is 8.90. The maximum Gasteiger partial charge on any atom is 0.229 e. The number of amides is 2. The Kier molecular flexibility index (Phi) is 7.20. The fourth-order valence-electron chi connectivity index (χ4n) is 6.76. The number of imide groups is 1. The van der Waals surface area contributed by atoms with E-state index in [-0.39, 0.29) is 17.2 Å². The Balaban J connectivity index is 1.01. The highest BCUT2D eigenvalue weighted by molar-refractivity contribution is 5.98. The molecule has 0 atom stereocenters. The lowest BCUT2D eigenvalue weighted by Crippen LogP contribution is -2.48. The zero-order valence-electron chi connectivity index (χ0n) is 22.4. The Morgan fingerprint density at radius 3 is 2.16 bits per heavy atom. The first-order valence-electron chi connectivity index (χ1n) is 14.4. The van der Waals surface area contributed by atoms with E-state index in [1.807, 2.05) is 0 Å². The largest absolute Gasteiger partial charge is 0.340 e. The number of para-hydroxylation sites is 2. The molecule has 3 fully saturated rings. The highest BCUT2D eigenvalue weighted by Crippen LogP contribution is 2.46. The first-order chi connectivity index (χ1) is 18.6. The zero-order valence-corrected chi connectivity index (χ0v) is 22.4. The number of imidazole rings is 1. The average molecular weight is 514 g/mol. The van der Waals surface area contributed by atoms with Crippen LogP contribution in [-0.4, -0.2) is 70.4 Å². The van der Waals surface area contributed by atoms with Crippen LogP contribution >= 0.6 is 0 Å². The van der Waals surface area contributed by atoms with Crippen LogP contribution in [-0.2, 0) is 16.1 Å². The number of nitrogens with zero attached hydrogens (tertiary/aromatic N) is 5. The standard InChI is InChI=1S/C31H39N5O2/c37-28-22-31(14-6-7-15-31)23-29(38)35(28)17-9-8-16-33-18-20-34(21-19-33)30-32-26-12-4-5-13-27(26)36(30)24-25-10-2-1-3-11-25/h1-5,10-13H,6-9,14-24H2. The van der Waals surface area contributed by atoms with E-state index in [2.05, 4.69) is 69.0 Å². The Bertz CT molecular complexity index is 1250. The maximum absolute atomic E-state index is 12.7. The van der Waals surface area contributed by atoms with E-state index < -0.39 is 0 Å². The van der Waals surface area contributed by atoms with Gasteiger partial charge in [-0.15, -0.1) is 0 Å². The van der Waals surface area contributed by atoms with E-state index in [0.717, 1.165) is 76.4 Å². The first kappa shape index (κ1) is 25.1. The van der Waals surface area contributed by atoms with Crippen LogP contribution in [0.4, 0.5) is 5.95 Å². The van der Waals surface area contributed by atoms with E-state index in [4.69, 9.17) is 4.98 Å². The van der Waals surface area contributed by atoms with Gasteiger partial charge in [0.2, 0.25) is 17.8 Å². The Morgan fingerprint density at radius 2 is 1.42 bits per heavy atom. The van der Waals surface area contributed by atoms with Gasteiger partial charge in [0, 0.05) is 45.6 Å². The minimum atomic E-state index is -0.00794. The highest BCUT2D eigenvalue weighted by atomic mass is 16.2. The van der Waals surface area contributed by atoms with Crippen LogP contribution in [0.15, 0.2) is 54.6 Å². The van der Waals surface area contributed by atoms with Gasteiger partial charge in [0.1, 0.15) is 0 Å². The summed E-state index contributed by atoms with van der Waals surface area (Å²) in [5, 5.41) is 0. The zero-order chi connectivity index (χ0) is 26.0. The SMILES string of the molecule is O=C1CC2(CCCC2)CC(=O)N1CCCCN1CCN(c2nc3ccccc3n2Cc2ccccc2)CC1. The molecule has 2 aliphatic heterocycles. The van der Waals surface area contributed by atoms with Crippen molar-refractivity contribution in [1.29, 1.82) is 0 Å². The molecule has 0 bridgehead atoms. The lowest BCUT2D eigenvalue weighted by Gasteiger charge is -2.37. The predicted octanol–water partition coefficient (Wildman–Crippen LogP) is 4.70. The molecule has 1 aliphatic carbocycles. The van der Waals surface area contributed by atoms with Crippen LogP contribution in [0.2, 0.25) is 0 Å². The van der Waals surface area contributed by atoms with Gasteiger partial charge in [-0.3, -0.25) is 19.4 Å². The third-order valence-corrected chi connectivity index (χ3v) is 8.90. The molecular weight excluding hydrogens is 474 g/mol. The summed E-state index contributed by atoms with van der Waals surface area (Å²) >= 11 is 0. The topological polar surface area (TPSA) is 61.7 Å². The molecular formula is C31H39N5O2. The van der Waals surface area contributed by atoms with Gasteiger partial charge in [0.25, 0.3) is 0 Å². The van der Waals surface area contributed by atoms with Crippen LogP contribution in [0.5, 0.6) is 0 Å². The highest BCUT2D eigenvalue weighted by Gasteiger charge is 2.44. The molecule has 1 spiro atoms. The molecule has 0 N–H and O–H groups in total. The molecule has 3 heterocycles. The first-order valence-corrected chi connectivity index (χ1v) is 14.4. The molecule has 0 radical (unpaired) electrons. The molecule has 2 aromatic carbocycles. The van der Waals surface area contributed by atoms with Gasteiger partial charge in [-0.1, -0.05) is 55.3 Å². The number of hydrogen-bond acceptors (Lipinski definition) is 5. The molecule has 3 aromatic rings. The fourth-order valence-corrected chi connectivity index (χ4v) is 6.76. The molecule has 2 amide bonds. The Hall–Kier alpha value is -3.19. The number of piperazine rings is 1. The van der Waals surface area contributed by atoms with Crippen molar-refractivity contribution in [2.24, 2.45) is 5.41 Å². The summed E-state index contributed by atoms with van der Waals surface area (Å²) in [6.07, 6.45) is 7.48. The number of anilines is 1. The summed E-state index contributed by atoms with van der Waals surface area (Å²) in [4.78, 5) is 37.0. The molecule has 2 saturated heterocycles. The Morgan fingerprint density at radius 1 is 0.763 bits per heavy atom. The summed E-state index contributed by atoms with van der Waals surface area (Å²) in [5.41, 5.74) is 3.49. The number of carbonyl (C=O) groups is 2. The van der Waals surface area contributed by atoms with Crippen molar-refractivity contribution in [1.82, 2.24) is 19.4 Å². The van der Waals surface area contributed by atoms with Crippen molar-refractivity contribution >= 4 is 28.8 Å². The number of rotatable bonds is 8. The van der Waals surface area contributed by atoms with E-state index in [1.165, 1.54) is 23.9 Å². The number of piperidine rings is 1. The predicted molar refractivity (Wildman–Crippen MR) is 150 cm³/mol. The van der Waals surface area contributed by atoms with Gasteiger partial charge in [-0.25, -0.2) is 4.98 Å². The second-order valence-corrected chi connectivity index (χ2v) is 11.5. The molecule has 7 heteroatoms. The van der Waals surface area contributed by atoms with Gasteiger partial charge in [0.05, 0.1) is 17.6 Å². The van der Waals surface area contributed by atoms with Gasteiger partial charge in [0.15, 0.2) is 0 Å². The lowest BCUT2D eigenvalue weighted by atomic mass is 9.76. The quantitative estimate of drug-likeness (QED) is 0.323.